The van der Waals surface area contributed by atoms with Crippen LogP contribution in [0.1, 0.15) is 47.0 Å². The minimum absolute atomic E-state index is 0.339. The Labute approximate surface area is 108 Å². The van der Waals surface area contributed by atoms with E-state index in [0.29, 0.717) is 22.4 Å². The van der Waals surface area contributed by atoms with E-state index in [4.69, 9.17) is 0 Å². The largest absolute Gasteiger partial charge is 0.228 e. The molecule has 0 bridgehead atoms. The minimum atomic E-state index is -2.94. The zero-order valence-electron chi connectivity index (χ0n) is 10.7. The summed E-state index contributed by atoms with van der Waals surface area (Å²) in [6.07, 6.45) is 3.17. The van der Waals surface area contributed by atoms with E-state index in [1.165, 1.54) is 6.42 Å². The van der Waals surface area contributed by atoms with Crippen molar-refractivity contribution >= 4 is 25.8 Å². The van der Waals surface area contributed by atoms with Crippen molar-refractivity contribution in [3.8, 4) is 0 Å². The van der Waals surface area contributed by atoms with Crippen LogP contribution in [-0.2, 0) is 9.84 Å². The number of hydrogen-bond donors (Lipinski definition) is 0. The molecule has 2 nitrogen and oxygen atoms in total. The fourth-order valence-electron chi connectivity index (χ4n) is 2.21. The maximum Gasteiger partial charge on any atom is 0.155 e. The van der Waals surface area contributed by atoms with Crippen LogP contribution in [0.15, 0.2) is 0 Å². The van der Waals surface area contributed by atoms with Crippen molar-refractivity contribution in [3.63, 3.8) is 0 Å². The quantitative estimate of drug-likeness (QED) is 0.749. The summed E-state index contributed by atoms with van der Waals surface area (Å²) in [5, 5.41) is 0. The number of rotatable bonds is 3. The number of hydrogen-bond acceptors (Lipinski definition) is 2. The number of halogens is 1. The van der Waals surface area contributed by atoms with Gasteiger partial charge >= 0.3 is 0 Å². The monoisotopic (exact) mass is 310 g/mol. The van der Waals surface area contributed by atoms with Gasteiger partial charge in [0.2, 0.25) is 0 Å². The summed E-state index contributed by atoms with van der Waals surface area (Å²) in [6, 6.07) is 0. The van der Waals surface area contributed by atoms with Crippen molar-refractivity contribution in [2.75, 3.05) is 5.75 Å². The maximum absolute atomic E-state index is 12.0. The van der Waals surface area contributed by atoms with Gasteiger partial charge in [-0.2, -0.15) is 0 Å². The van der Waals surface area contributed by atoms with Crippen molar-refractivity contribution in [1.82, 2.24) is 0 Å². The summed E-state index contributed by atoms with van der Waals surface area (Å²) >= 11 is 3.65. The molecule has 0 amide bonds. The Morgan fingerprint density at radius 1 is 1.25 bits per heavy atom. The Balaban J connectivity index is 2.53. The molecule has 0 aliphatic heterocycles. The van der Waals surface area contributed by atoms with Gasteiger partial charge in [0.25, 0.3) is 0 Å². The van der Waals surface area contributed by atoms with E-state index < -0.39 is 14.6 Å². The van der Waals surface area contributed by atoms with Crippen molar-refractivity contribution in [1.29, 1.82) is 0 Å². The Bertz CT molecular complexity index is 329. The predicted molar refractivity (Wildman–Crippen MR) is 72.8 cm³/mol. The van der Waals surface area contributed by atoms with E-state index in [2.05, 4.69) is 22.9 Å². The van der Waals surface area contributed by atoms with Crippen LogP contribution in [0.3, 0.4) is 0 Å². The Hall–Kier alpha value is 0.430. The molecule has 0 N–H and O–H groups in total. The van der Waals surface area contributed by atoms with E-state index in [9.17, 15) is 8.42 Å². The lowest BCUT2D eigenvalue weighted by molar-refractivity contribution is 0.411. The standard InChI is InChI=1S/C12H23BrO2S/c1-9-10(5-6-11(9)13)7-8-16(14,15)12(2,3)4/h9-11H,5-8H2,1-4H3. The molecule has 1 aliphatic carbocycles. The topological polar surface area (TPSA) is 34.1 Å². The van der Waals surface area contributed by atoms with Crippen LogP contribution in [0.25, 0.3) is 0 Å². The molecule has 0 aromatic carbocycles. The third kappa shape index (κ3) is 3.22. The van der Waals surface area contributed by atoms with Crippen LogP contribution in [0, 0.1) is 11.8 Å². The van der Waals surface area contributed by atoms with E-state index in [1.807, 2.05) is 0 Å². The van der Waals surface area contributed by atoms with Crippen LogP contribution < -0.4 is 0 Å². The summed E-state index contributed by atoms with van der Waals surface area (Å²) in [5.74, 6) is 1.52. The smallest absolute Gasteiger partial charge is 0.155 e. The molecule has 3 atom stereocenters. The molecule has 0 aromatic rings. The van der Waals surface area contributed by atoms with Crippen molar-refractivity contribution in [2.45, 2.75) is 56.5 Å². The minimum Gasteiger partial charge on any atom is -0.228 e. The summed E-state index contributed by atoms with van der Waals surface area (Å²) in [6.45, 7) is 7.58. The predicted octanol–water partition coefficient (Wildman–Crippen LogP) is 3.40. The highest BCUT2D eigenvalue weighted by Gasteiger charge is 2.34. The average molecular weight is 311 g/mol. The second kappa shape index (κ2) is 4.97. The van der Waals surface area contributed by atoms with Gasteiger partial charge < -0.3 is 0 Å². The highest BCUT2D eigenvalue weighted by atomic mass is 79.9. The highest BCUT2D eigenvalue weighted by molar-refractivity contribution is 9.09. The molecule has 1 fully saturated rings. The van der Waals surface area contributed by atoms with Crippen LogP contribution in [0.2, 0.25) is 0 Å². The van der Waals surface area contributed by atoms with E-state index >= 15 is 0 Å². The molecule has 3 unspecified atom stereocenters. The third-order valence-corrected chi connectivity index (χ3v) is 7.75. The summed E-state index contributed by atoms with van der Waals surface area (Å²) < 4.78 is 23.4. The first-order valence-electron chi connectivity index (χ1n) is 6.01. The van der Waals surface area contributed by atoms with Crippen LogP contribution >= 0.6 is 15.9 Å². The molecular weight excluding hydrogens is 288 g/mol. The maximum atomic E-state index is 12.0. The normalized spacial score (nSPS) is 31.9. The zero-order chi connectivity index (χ0) is 12.6. The molecular formula is C12H23BrO2S. The molecule has 0 radical (unpaired) electrons. The molecule has 16 heavy (non-hydrogen) atoms. The molecule has 0 saturated heterocycles. The lowest BCUT2D eigenvalue weighted by Gasteiger charge is -2.22. The second-order valence-electron chi connectivity index (χ2n) is 5.93. The molecule has 4 heteroatoms. The van der Waals surface area contributed by atoms with Gasteiger partial charge in [0, 0.05) is 4.83 Å². The first kappa shape index (κ1) is 14.5. The fraction of sp³-hybridized carbons (Fsp3) is 1.00. The molecule has 0 spiro atoms. The van der Waals surface area contributed by atoms with Gasteiger partial charge in [-0.15, -0.1) is 0 Å². The molecule has 96 valence electrons. The highest BCUT2D eigenvalue weighted by Crippen LogP contribution is 2.38. The van der Waals surface area contributed by atoms with E-state index in [0.717, 1.165) is 12.8 Å². The molecule has 1 aliphatic rings. The third-order valence-electron chi connectivity index (χ3n) is 3.82. The molecule has 1 rings (SSSR count). The van der Waals surface area contributed by atoms with E-state index in [1.54, 1.807) is 20.8 Å². The zero-order valence-corrected chi connectivity index (χ0v) is 13.1. The first-order valence-corrected chi connectivity index (χ1v) is 8.58. The molecule has 1 saturated carbocycles. The van der Waals surface area contributed by atoms with Gasteiger partial charge in [0.15, 0.2) is 9.84 Å². The van der Waals surface area contributed by atoms with Gasteiger partial charge in [-0.3, -0.25) is 0 Å². The van der Waals surface area contributed by atoms with Crippen LogP contribution in [0.4, 0.5) is 0 Å². The summed E-state index contributed by atoms with van der Waals surface area (Å²) in [5.41, 5.74) is 0. The van der Waals surface area contributed by atoms with Gasteiger partial charge in [-0.1, -0.05) is 22.9 Å². The Morgan fingerprint density at radius 2 is 1.81 bits per heavy atom. The van der Waals surface area contributed by atoms with Gasteiger partial charge in [-0.25, -0.2) is 8.42 Å². The molecule has 0 heterocycles. The SMILES string of the molecule is CC1C(Br)CCC1CCS(=O)(=O)C(C)(C)C. The van der Waals surface area contributed by atoms with Gasteiger partial charge in [0.05, 0.1) is 10.5 Å². The van der Waals surface area contributed by atoms with Gasteiger partial charge in [0.1, 0.15) is 0 Å². The molecule has 0 aromatic heterocycles. The lowest BCUT2D eigenvalue weighted by Crippen LogP contribution is -2.31. The van der Waals surface area contributed by atoms with Crippen molar-refractivity contribution < 1.29 is 8.42 Å². The van der Waals surface area contributed by atoms with Crippen LogP contribution in [-0.4, -0.2) is 23.7 Å². The Morgan fingerprint density at radius 3 is 2.19 bits per heavy atom. The van der Waals surface area contributed by atoms with Crippen molar-refractivity contribution in [2.24, 2.45) is 11.8 Å². The Kier molecular flexibility index (Phi) is 4.50. The summed E-state index contributed by atoms with van der Waals surface area (Å²) in [4.78, 5) is 0.579. The summed E-state index contributed by atoms with van der Waals surface area (Å²) in [7, 11) is -2.94. The van der Waals surface area contributed by atoms with Crippen molar-refractivity contribution in [3.05, 3.63) is 0 Å². The average Bonchev–Trinajstić information content (AvgIpc) is 2.43. The van der Waals surface area contributed by atoms with Crippen LogP contribution in [0.5, 0.6) is 0 Å². The lowest BCUT2D eigenvalue weighted by atomic mass is 9.96. The second-order valence-corrected chi connectivity index (χ2v) is 9.97. The first-order chi connectivity index (χ1) is 7.15. The van der Waals surface area contributed by atoms with E-state index in [-0.39, 0.29) is 0 Å². The number of sulfone groups is 1. The fourth-order valence-corrected chi connectivity index (χ4v) is 4.14. The van der Waals surface area contributed by atoms with Gasteiger partial charge in [-0.05, 0) is 51.9 Å². The number of alkyl halides is 1.